The molecule has 9 nitrogen and oxygen atoms in total. The highest BCUT2D eigenvalue weighted by Gasteiger charge is 2.34. The average molecular weight is 639 g/mol. The number of piperidine rings is 2. The number of carboxylic acid groups (broad SMARTS) is 1. The Morgan fingerprint density at radius 3 is 2.57 bits per heavy atom. The van der Waals surface area contributed by atoms with Crippen LogP contribution in [0.25, 0.3) is 11.3 Å². The van der Waals surface area contributed by atoms with Crippen molar-refractivity contribution in [3.05, 3.63) is 35.0 Å². The van der Waals surface area contributed by atoms with Crippen LogP contribution >= 0.6 is 11.8 Å². The molecule has 3 N–H and O–H groups in total. The smallest absolute Gasteiger partial charge is 0.417 e. The molecule has 0 radical (unpaired) electrons. The van der Waals surface area contributed by atoms with E-state index in [2.05, 4.69) is 15.1 Å². The fraction of sp³-hybridized carbons (Fsp3) is 0.677. The molecule has 1 aromatic heterocycles. The predicted octanol–water partition coefficient (Wildman–Crippen LogP) is 4.62. The van der Waals surface area contributed by atoms with E-state index in [4.69, 9.17) is 5.10 Å². The first-order chi connectivity index (χ1) is 21.1. The van der Waals surface area contributed by atoms with Gasteiger partial charge in [-0.1, -0.05) is 12.5 Å². The number of aromatic nitrogens is 2. The summed E-state index contributed by atoms with van der Waals surface area (Å²) in [7, 11) is 0. The first-order valence-corrected chi connectivity index (χ1v) is 16.9. The van der Waals surface area contributed by atoms with E-state index >= 15 is 0 Å². The lowest BCUT2D eigenvalue weighted by molar-refractivity contribution is -0.139. The normalized spacial score (nSPS) is 19.6. The van der Waals surface area contributed by atoms with Crippen LogP contribution in [0.4, 0.5) is 18.0 Å². The Hall–Kier alpha value is -2.32. The van der Waals surface area contributed by atoms with Gasteiger partial charge in [0.25, 0.3) is 0 Å². The summed E-state index contributed by atoms with van der Waals surface area (Å²) in [5.41, 5.74) is 2.70. The quantitative estimate of drug-likeness (QED) is 0.307. The lowest BCUT2D eigenvalue weighted by Gasteiger charge is -2.37. The number of aliphatic hydroxyl groups excluding tert-OH is 1. The molecule has 0 aliphatic carbocycles. The third kappa shape index (κ3) is 8.09. The van der Waals surface area contributed by atoms with Crippen molar-refractivity contribution in [1.82, 2.24) is 29.8 Å². The molecule has 0 bridgehead atoms. The van der Waals surface area contributed by atoms with E-state index in [1.807, 2.05) is 11.6 Å². The van der Waals surface area contributed by atoms with Crippen molar-refractivity contribution in [2.45, 2.75) is 81.8 Å². The molecule has 1 unspecified atom stereocenters. The largest absolute Gasteiger partial charge is 0.465 e. The summed E-state index contributed by atoms with van der Waals surface area (Å²) >= 11 is 1.26. The Morgan fingerprint density at radius 1 is 1.14 bits per heavy atom. The molecule has 44 heavy (non-hydrogen) atoms. The lowest BCUT2D eigenvalue weighted by Crippen LogP contribution is -2.48. The highest BCUT2D eigenvalue weighted by molar-refractivity contribution is 7.99. The second-order valence-electron chi connectivity index (χ2n) is 12.1. The summed E-state index contributed by atoms with van der Waals surface area (Å²) in [6, 6.07) is 4.34. The number of aliphatic hydroxyl groups is 1. The van der Waals surface area contributed by atoms with E-state index in [0.29, 0.717) is 49.7 Å². The molecule has 3 aliphatic heterocycles. The highest BCUT2D eigenvalue weighted by atomic mass is 32.2. The third-order valence-corrected chi connectivity index (χ3v) is 10.2. The second kappa shape index (κ2) is 14.8. The molecular weight excluding hydrogens is 593 g/mol. The summed E-state index contributed by atoms with van der Waals surface area (Å²) in [4.78, 5) is 17.7. The van der Waals surface area contributed by atoms with Crippen LogP contribution in [0.3, 0.4) is 0 Å². The van der Waals surface area contributed by atoms with Crippen LogP contribution in [0.2, 0.25) is 0 Å². The Bertz CT molecular complexity index is 1260. The lowest BCUT2D eigenvalue weighted by atomic mass is 10.0. The second-order valence-corrected chi connectivity index (χ2v) is 13.2. The monoisotopic (exact) mass is 638 g/mol. The van der Waals surface area contributed by atoms with Crippen LogP contribution in [0, 0.1) is 0 Å². The molecule has 0 saturated carbocycles. The van der Waals surface area contributed by atoms with Gasteiger partial charge < -0.3 is 30.2 Å². The van der Waals surface area contributed by atoms with Crippen molar-refractivity contribution in [3.63, 3.8) is 0 Å². The number of alkyl halides is 3. The maximum Gasteiger partial charge on any atom is 0.417 e. The van der Waals surface area contributed by atoms with E-state index in [-0.39, 0.29) is 17.5 Å². The van der Waals surface area contributed by atoms with Gasteiger partial charge >= 0.3 is 12.3 Å². The van der Waals surface area contributed by atoms with Crippen molar-refractivity contribution in [2.24, 2.45) is 0 Å². The molecule has 244 valence electrons. The molecule has 1 amide bonds. The fourth-order valence-corrected chi connectivity index (χ4v) is 7.93. The maximum absolute atomic E-state index is 14.0. The molecule has 2 saturated heterocycles. The van der Waals surface area contributed by atoms with Crippen LogP contribution in [0.1, 0.15) is 55.8 Å². The highest BCUT2D eigenvalue weighted by Crippen LogP contribution is 2.40. The number of fused-ring (bicyclic) bond motifs is 1. The summed E-state index contributed by atoms with van der Waals surface area (Å²) in [6.07, 6.45) is -0.324. The fourth-order valence-electron chi connectivity index (χ4n) is 6.81. The van der Waals surface area contributed by atoms with E-state index < -0.39 is 23.9 Å². The van der Waals surface area contributed by atoms with Crippen molar-refractivity contribution < 1.29 is 28.2 Å². The minimum atomic E-state index is -4.44. The number of β-amino-alcohol motifs (C(OH)–C–C–N with tert-alkyl or cyclic N) is 1. The summed E-state index contributed by atoms with van der Waals surface area (Å²) < 4.78 is 43.8. The van der Waals surface area contributed by atoms with Gasteiger partial charge in [-0.25, -0.2) is 4.79 Å². The van der Waals surface area contributed by atoms with Crippen LogP contribution in [-0.2, 0) is 25.7 Å². The molecule has 2 aromatic rings. The Balaban J connectivity index is 1.28. The van der Waals surface area contributed by atoms with Gasteiger partial charge in [-0.05, 0) is 57.8 Å². The van der Waals surface area contributed by atoms with E-state index in [1.165, 1.54) is 35.2 Å². The van der Waals surface area contributed by atoms with Crippen LogP contribution in [0.15, 0.2) is 23.1 Å². The number of hydrogen-bond donors (Lipinski definition) is 3. The van der Waals surface area contributed by atoms with Gasteiger partial charge in [-0.2, -0.15) is 18.3 Å². The average Bonchev–Trinajstić information content (AvgIpc) is 3.36. The minimum absolute atomic E-state index is 0.00404. The SMILES string of the molecule is CCN(C(=O)O)C1CCN(CC(O)Cn2nc(-c3ccc(C(F)(F)F)c(SCCN4CCCCC4)c3)c3c2CCNC3)CC1. The number of thioether (sulfide) groups is 1. The molecular formula is C31H45F3N6O3S. The zero-order valence-electron chi connectivity index (χ0n) is 25.5. The number of amides is 1. The molecule has 13 heteroatoms. The number of likely N-dealkylation sites (tertiary alicyclic amines) is 2. The third-order valence-electron chi connectivity index (χ3n) is 9.12. The Labute approximate surface area is 261 Å². The van der Waals surface area contributed by atoms with E-state index in [9.17, 15) is 28.2 Å². The standard InChI is InChI=1S/C31H45F3N6O3S/c1-2-39(30(42)43)23-9-14-38(15-10-23)20-24(41)21-40-27-8-11-35-19-25(27)29(36-40)22-6-7-26(31(32,33)34)28(18-22)44-17-16-37-12-4-3-5-13-37/h6-7,18,23-24,35,41H,2-5,8-17,19-21H2,1H3,(H,42,43). The number of nitrogens with zero attached hydrogens (tertiary/aromatic N) is 5. The number of nitrogens with one attached hydrogen (secondary N) is 1. The minimum Gasteiger partial charge on any atom is -0.465 e. The van der Waals surface area contributed by atoms with Gasteiger partial charge in [0, 0.05) is 85.7 Å². The van der Waals surface area contributed by atoms with Crippen molar-refractivity contribution in [2.75, 3.05) is 58.1 Å². The van der Waals surface area contributed by atoms with E-state index in [0.717, 1.165) is 69.5 Å². The van der Waals surface area contributed by atoms with Gasteiger partial charge in [0.1, 0.15) is 0 Å². The molecule has 1 atom stereocenters. The predicted molar refractivity (Wildman–Crippen MR) is 165 cm³/mol. The van der Waals surface area contributed by atoms with Gasteiger partial charge in [0.15, 0.2) is 0 Å². The zero-order valence-corrected chi connectivity index (χ0v) is 26.3. The number of hydrogen-bond acceptors (Lipinski definition) is 7. The Morgan fingerprint density at radius 2 is 1.89 bits per heavy atom. The number of benzene rings is 1. The van der Waals surface area contributed by atoms with E-state index in [1.54, 1.807) is 6.07 Å². The van der Waals surface area contributed by atoms with Crippen molar-refractivity contribution >= 4 is 17.9 Å². The molecule has 4 heterocycles. The van der Waals surface area contributed by atoms with Crippen LogP contribution in [-0.4, -0.2) is 111 Å². The summed E-state index contributed by atoms with van der Waals surface area (Å²) in [5, 5.41) is 28.7. The molecule has 0 spiro atoms. The van der Waals surface area contributed by atoms with Gasteiger partial charge in [0.2, 0.25) is 0 Å². The number of carbonyl (C=O) groups is 1. The number of halogens is 3. The zero-order chi connectivity index (χ0) is 31.3. The first kappa shape index (κ1) is 33.1. The molecule has 3 aliphatic rings. The van der Waals surface area contributed by atoms with Gasteiger partial charge in [-0.15, -0.1) is 11.8 Å². The number of rotatable bonds is 11. The topological polar surface area (TPSA) is 97.1 Å². The van der Waals surface area contributed by atoms with Crippen LogP contribution in [0.5, 0.6) is 0 Å². The van der Waals surface area contributed by atoms with Crippen LogP contribution < -0.4 is 5.32 Å². The summed E-state index contributed by atoms with van der Waals surface area (Å²) in [6.45, 7) is 8.60. The molecule has 2 fully saturated rings. The van der Waals surface area contributed by atoms with Gasteiger partial charge in [0.05, 0.1) is 23.9 Å². The Kier molecular flexibility index (Phi) is 11.2. The van der Waals surface area contributed by atoms with Crippen molar-refractivity contribution in [1.29, 1.82) is 0 Å². The van der Waals surface area contributed by atoms with Crippen molar-refractivity contribution in [3.8, 4) is 11.3 Å². The molecule has 5 rings (SSSR count). The van der Waals surface area contributed by atoms with Gasteiger partial charge in [-0.3, -0.25) is 4.68 Å². The maximum atomic E-state index is 14.0. The molecule has 1 aromatic carbocycles. The first-order valence-electron chi connectivity index (χ1n) is 15.9. The summed E-state index contributed by atoms with van der Waals surface area (Å²) in [5.74, 6) is 0.594.